The lowest BCUT2D eigenvalue weighted by Gasteiger charge is -2.16. The van der Waals surface area contributed by atoms with Crippen molar-refractivity contribution in [3.63, 3.8) is 0 Å². The van der Waals surface area contributed by atoms with E-state index in [2.05, 4.69) is 27.1 Å². The van der Waals surface area contributed by atoms with Gasteiger partial charge in [-0.25, -0.2) is 4.98 Å². The molecule has 0 spiro atoms. The lowest BCUT2D eigenvalue weighted by atomic mass is 10.1. The third-order valence-corrected chi connectivity index (χ3v) is 4.60. The van der Waals surface area contributed by atoms with Crippen molar-refractivity contribution in [1.29, 1.82) is 0 Å². The molecule has 0 radical (unpaired) electrons. The highest BCUT2D eigenvalue weighted by Gasteiger charge is 2.29. The fraction of sp³-hybridized carbons (Fsp3) is 0.190. The highest BCUT2D eigenvalue weighted by Crippen LogP contribution is 2.33. The Morgan fingerprint density at radius 1 is 1.04 bits per heavy atom. The molecule has 142 valence electrons. The molecule has 3 N–H and O–H groups in total. The normalized spacial score (nSPS) is 26.9. The van der Waals surface area contributed by atoms with Crippen LogP contribution in [-0.4, -0.2) is 25.6 Å². The molecule has 2 aromatic rings. The highest BCUT2D eigenvalue weighted by atomic mass is 16.5. The molecule has 1 aliphatic heterocycles. The highest BCUT2D eigenvalue weighted by molar-refractivity contribution is 5.70. The summed E-state index contributed by atoms with van der Waals surface area (Å²) in [6.07, 6.45) is 24.9. The Morgan fingerprint density at radius 3 is 2.54 bits per heavy atom. The van der Waals surface area contributed by atoms with Gasteiger partial charge in [0.1, 0.15) is 6.23 Å². The first kappa shape index (κ1) is 17.9. The number of nitrogens with two attached hydrogens (primary N) is 1. The van der Waals surface area contributed by atoms with Crippen molar-refractivity contribution in [3.8, 4) is 0 Å². The third-order valence-electron chi connectivity index (χ3n) is 4.60. The van der Waals surface area contributed by atoms with Crippen molar-refractivity contribution >= 4 is 17.1 Å². The molecule has 2 aliphatic rings. The summed E-state index contributed by atoms with van der Waals surface area (Å²) in [6, 6.07) is 0. The molecule has 2 atom stereocenters. The van der Waals surface area contributed by atoms with Crippen molar-refractivity contribution in [1.82, 2.24) is 19.5 Å². The van der Waals surface area contributed by atoms with E-state index in [4.69, 9.17) is 10.5 Å². The molecule has 0 bridgehead atoms. The molecule has 1 saturated heterocycles. The monoisotopic (exact) mass is 375 g/mol. The Balaban J connectivity index is 1.59. The number of ether oxygens (including phenoxy) is 1. The van der Waals surface area contributed by atoms with Gasteiger partial charge in [0.2, 0.25) is 5.95 Å². The summed E-state index contributed by atoms with van der Waals surface area (Å²) < 4.78 is 8.06. The van der Waals surface area contributed by atoms with Gasteiger partial charge in [-0.05, 0) is 18.4 Å². The zero-order valence-corrected chi connectivity index (χ0v) is 15.2. The third kappa shape index (κ3) is 3.79. The van der Waals surface area contributed by atoms with Gasteiger partial charge in [0.25, 0.3) is 5.56 Å². The molecule has 3 heterocycles. The molecule has 7 heteroatoms. The number of allylic oxidation sites excluding steroid dienone is 10. The molecule has 7 nitrogen and oxygen atoms in total. The van der Waals surface area contributed by atoms with E-state index >= 15 is 0 Å². The van der Waals surface area contributed by atoms with Crippen LogP contribution in [-0.2, 0) is 4.74 Å². The number of imidazole rings is 1. The maximum atomic E-state index is 12.0. The number of nitrogen functional groups attached to an aromatic ring is 1. The maximum Gasteiger partial charge on any atom is 0.280 e. The predicted molar refractivity (Wildman–Crippen MR) is 109 cm³/mol. The Bertz CT molecular complexity index is 1100. The lowest BCUT2D eigenvalue weighted by Crippen LogP contribution is -2.15. The van der Waals surface area contributed by atoms with Gasteiger partial charge < -0.3 is 10.5 Å². The van der Waals surface area contributed by atoms with Crippen LogP contribution in [0.3, 0.4) is 0 Å². The van der Waals surface area contributed by atoms with E-state index in [1.54, 1.807) is 10.9 Å². The van der Waals surface area contributed by atoms with Gasteiger partial charge in [-0.2, -0.15) is 4.98 Å². The largest absolute Gasteiger partial charge is 0.369 e. The van der Waals surface area contributed by atoms with Crippen LogP contribution >= 0.6 is 0 Å². The van der Waals surface area contributed by atoms with Crippen LogP contribution in [0.15, 0.2) is 83.5 Å². The molecule has 1 fully saturated rings. The van der Waals surface area contributed by atoms with Gasteiger partial charge in [0.15, 0.2) is 11.2 Å². The SMILES string of the molecule is Nc1nc2c(ncn2[C@H]2CC[C@@H](C3=C\C=C/C=C\C=C/C=C\C=C3)O2)c(=O)[nH]1. The number of fused-ring (bicyclic) bond motifs is 1. The number of nitrogens with one attached hydrogen (secondary N) is 1. The van der Waals surface area contributed by atoms with E-state index < -0.39 is 0 Å². The summed E-state index contributed by atoms with van der Waals surface area (Å²) in [4.78, 5) is 22.8. The first-order valence-electron chi connectivity index (χ1n) is 9.15. The molecule has 4 rings (SSSR count). The molecule has 1 aliphatic carbocycles. The minimum Gasteiger partial charge on any atom is -0.369 e. The second-order valence-corrected chi connectivity index (χ2v) is 6.50. The van der Waals surface area contributed by atoms with E-state index in [0.717, 1.165) is 18.4 Å². The van der Waals surface area contributed by atoms with E-state index in [0.29, 0.717) is 5.65 Å². The van der Waals surface area contributed by atoms with Gasteiger partial charge in [-0.15, -0.1) is 0 Å². The Morgan fingerprint density at radius 2 is 1.75 bits per heavy atom. The number of hydrogen-bond acceptors (Lipinski definition) is 5. The van der Waals surface area contributed by atoms with Gasteiger partial charge in [-0.1, -0.05) is 66.8 Å². The zero-order chi connectivity index (χ0) is 19.3. The Hall–Kier alpha value is -3.45. The first-order chi connectivity index (χ1) is 13.7. The molecule has 28 heavy (non-hydrogen) atoms. The van der Waals surface area contributed by atoms with E-state index in [1.807, 2.05) is 54.7 Å². The topological polar surface area (TPSA) is 98.8 Å². The molecule has 0 saturated carbocycles. The zero-order valence-electron chi connectivity index (χ0n) is 15.2. The van der Waals surface area contributed by atoms with Gasteiger partial charge in [-0.3, -0.25) is 14.3 Å². The first-order valence-corrected chi connectivity index (χ1v) is 9.15. The van der Waals surface area contributed by atoms with Crippen LogP contribution in [0.25, 0.3) is 11.2 Å². The number of nitrogens with zero attached hydrogens (tertiary/aromatic N) is 3. The van der Waals surface area contributed by atoms with Crippen LogP contribution < -0.4 is 11.3 Å². The Labute approximate surface area is 161 Å². The Kier molecular flexibility index (Phi) is 5.16. The second-order valence-electron chi connectivity index (χ2n) is 6.50. The minimum absolute atomic E-state index is 0.0569. The summed E-state index contributed by atoms with van der Waals surface area (Å²) >= 11 is 0. The molecule has 0 aromatic carbocycles. The van der Waals surface area contributed by atoms with Crippen molar-refractivity contribution < 1.29 is 4.74 Å². The van der Waals surface area contributed by atoms with Gasteiger partial charge in [0.05, 0.1) is 12.4 Å². The smallest absolute Gasteiger partial charge is 0.280 e. The van der Waals surface area contributed by atoms with Crippen molar-refractivity contribution in [3.05, 3.63) is 89.1 Å². The van der Waals surface area contributed by atoms with Gasteiger partial charge >= 0.3 is 0 Å². The van der Waals surface area contributed by atoms with E-state index in [9.17, 15) is 4.79 Å². The number of aromatic amines is 1. The summed E-state index contributed by atoms with van der Waals surface area (Å²) in [5.74, 6) is 0.0674. The summed E-state index contributed by atoms with van der Waals surface area (Å²) in [7, 11) is 0. The maximum absolute atomic E-state index is 12.0. The molecule has 0 unspecified atom stereocenters. The number of anilines is 1. The van der Waals surface area contributed by atoms with Crippen LogP contribution in [0, 0.1) is 0 Å². The fourth-order valence-corrected chi connectivity index (χ4v) is 3.28. The van der Waals surface area contributed by atoms with Crippen LogP contribution in [0.1, 0.15) is 19.1 Å². The summed E-state index contributed by atoms with van der Waals surface area (Å²) in [5, 5.41) is 0. The van der Waals surface area contributed by atoms with Gasteiger partial charge in [0, 0.05) is 0 Å². The quantitative estimate of drug-likeness (QED) is 0.840. The molecular weight excluding hydrogens is 354 g/mol. The number of aromatic nitrogens is 4. The minimum atomic E-state index is -0.347. The average molecular weight is 375 g/mol. The van der Waals surface area contributed by atoms with Crippen LogP contribution in [0.2, 0.25) is 0 Å². The van der Waals surface area contributed by atoms with E-state index in [1.165, 1.54) is 0 Å². The lowest BCUT2D eigenvalue weighted by molar-refractivity contribution is 0.0223. The summed E-state index contributed by atoms with van der Waals surface area (Å²) in [5.41, 5.74) is 7.12. The van der Waals surface area contributed by atoms with Crippen molar-refractivity contribution in [2.24, 2.45) is 0 Å². The molecule has 2 aromatic heterocycles. The van der Waals surface area contributed by atoms with E-state index in [-0.39, 0.29) is 29.4 Å². The molecule has 0 amide bonds. The van der Waals surface area contributed by atoms with Crippen LogP contribution in [0.5, 0.6) is 0 Å². The van der Waals surface area contributed by atoms with Crippen molar-refractivity contribution in [2.75, 3.05) is 5.73 Å². The molecular formula is C21H21N5O2. The average Bonchev–Trinajstić information content (AvgIpc) is 3.29. The van der Waals surface area contributed by atoms with Crippen molar-refractivity contribution in [2.45, 2.75) is 25.2 Å². The number of H-pyrrole nitrogens is 1. The predicted octanol–water partition coefficient (Wildman–Crippen LogP) is 3.10. The number of rotatable bonds is 2. The fourth-order valence-electron chi connectivity index (χ4n) is 3.28. The summed E-state index contributed by atoms with van der Waals surface area (Å²) in [6.45, 7) is 0. The van der Waals surface area contributed by atoms with Crippen LogP contribution in [0.4, 0.5) is 5.95 Å². The standard InChI is InChI=1S/C21H21N5O2/c22-21-24-19-18(20(27)25-21)23-14-26(19)17-13-12-16(28-17)15-10-8-6-4-2-1-3-5-7-9-11-15/h1-11,14,16-17H,12-13H2,(H3,22,24,25,27)/b2-1-,3-1?,4-2?,5-3-,6-4-,7-5?,8-6?,9-7-,10-8?,11-9?,15-10?,15-11?/t16-,17+/m0/s1. The number of hydrogen-bond donors (Lipinski definition) is 2. The second kappa shape index (κ2) is 8.06.